The van der Waals surface area contributed by atoms with Gasteiger partial charge in [-0.2, -0.15) is 13.2 Å². The summed E-state index contributed by atoms with van der Waals surface area (Å²) < 4.78 is 48.1. The third-order valence-electron chi connectivity index (χ3n) is 9.45. The molecule has 0 bridgehead atoms. The van der Waals surface area contributed by atoms with E-state index in [1.54, 1.807) is 13.1 Å². The van der Waals surface area contributed by atoms with Gasteiger partial charge in [0.05, 0.1) is 6.61 Å². The van der Waals surface area contributed by atoms with Crippen LogP contribution in [0.15, 0.2) is 29.1 Å². The number of nitrogens with one attached hydrogen (secondary N) is 1. The zero-order valence-corrected chi connectivity index (χ0v) is 28.5. The Morgan fingerprint density at radius 2 is 1.80 bits per heavy atom. The number of aromatic amines is 1. The molecule has 2 aromatic rings. The number of rotatable bonds is 14. The van der Waals surface area contributed by atoms with E-state index >= 15 is 0 Å². The summed E-state index contributed by atoms with van der Waals surface area (Å²) in [6.45, 7) is 10.1. The lowest BCUT2D eigenvalue weighted by atomic mass is 9.76. The number of ether oxygens (including phenoxy) is 1. The van der Waals surface area contributed by atoms with Gasteiger partial charge in [-0.3, -0.25) is 9.59 Å². The zero-order valence-electron chi connectivity index (χ0n) is 26.7. The van der Waals surface area contributed by atoms with Crippen molar-refractivity contribution in [3.05, 3.63) is 56.7 Å². The molecule has 1 heterocycles. The van der Waals surface area contributed by atoms with Crippen LogP contribution in [0.4, 0.5) is 13.2 Å². The molecule has 0 radical (unpaired) electrons. The highest BCUT2D eigenvalue weighted by atomic mass is 35.5. The Morgan fingerprint density at radius 1 is 1.18 bits per heavy atom. The fraction of sp³-hybridized carbons (Fsp3) is 0.656. The lowest BCUT2D eigenvalue weighted by molar-refractivity contribution is -0.172. The van der Waals surface area contributed by atoms with E-state index in [2.05, 4.69) is 9.97 Å². The fourth-order valence-corrected chi connectivity index (χ4v) is 6.63. The maximum atomic E-state index is 14.1. The van der Waals surface area contributed by atoms with E-state index in [0.717, 1.165) is 49.5 Å². The van der Waals surface area contributed by atoms with Crippen LogP contribution < -0.4 is 10.3 Å². The zero-order chi connectivity index (χ0) is 32.9. The number of hydrogen-bond acceptors (Lipinski definition) is 5. The van der Waals surface area contributed by atoms with Crippen molar-refractivity contribution in [1.82, 2.24) is 14.9 Å². The molecule has 2 N–H and O–H groups in total. The third-order valence-corrected chi connectivity index (χ3v) is 13.3. The van der Waals surface area contributed by atoms with Crippen LogP contribution >= 0.6 is 11.6 Å². The first-order chi connectivity index (χ1) is 20.4. The summed E-state index contributed by atoms with van der Waals surface area (Å²) in [7, 11) is -2.62. The van der Waals surface area contributed by atoms with Gasteiger partial charge < -0.3 is 19.4 Å². The Bertz CT molecular complexity index is 1320. The molecule has 0 spiro atoms. The van der Waals surface area contributed by atoms with Crippen LogP contribution in [-0.4, -0.2) is 59.3 Å². The van der Waals surface area contributed by atoms with Crippen molar-refractivity contribution in [3.8, 4) is 5.75 Å². The highest BCUT2D eigenvalue weighted by Crippen LogP contribution is 2.44. The van der Waals surface area contributed by atoms with Crippen LogP contribution in [0.2, 0.25) is 23.2 Å². The lowest BCUT2D eigenvalue weighted by Crippen LogP contribution is -2.48. The molecular weight excluding hydrogens is 611 g/mol. The van der Waals surface area contributed by atoms with Gasteiger partial charge in [-0.05, 0) is 74.9 Å². The number of carbonyl (C=O) groups is 1. The Hall–Kier alpha value is -2.37. The standard InChI is InChI=1S/C32H47ClF3N3O4Si/c1-7-8-20-43-27-26(29(41)39(22(2)32(34,35)36)19-11-16-30(3,4)44(5,6)42)37-25(38-28(27)40)21-31(17-9-10-18-31)23-12-14-24(33)15-13-23/h12-15,22,42H,7-11,16-21H2,1-6H3,(H,37,38,40). The SMILES string of the molecule is CCCCOc1c(C(=O)N(CCCC(C)(C)[Si](C)(C)O)C(C)C(F)(F)F)nc(CC2(c3ccc(Cl)cc3)CCCC2)[nH]c1=O. The average Bonchev–Trinajstić information content (AvgIpc) is 3.40. The molecule has 1 aromatic carbocycles. The van der Waals surface area contributed by atoms with E-state index < -0.39 is 42.7 Å². The maximum Gasteiger partial charge on any atom is 0.408 e. The second kappa shape index (κ2) is 14.4. The summed E-state index contributed by atoms with van der Waals surface area (Å²) in [6, 6.07) is 5.39. The molecule has 1 saturated carbocycles. The summed E-state index contributed by atoms with van der Waals surface area (Å²) in [6.07, 6.45) is 1.20. The summed E-state index contributed by atoms with van der Waals surface area (Å²) >= 11 is 6.13. The molecule has 1 amide bonds. The lowest BCUT2D eigenvalue weighted by Gasteiger charge is -2.36. The van der Waals surface area contributed by atoms with Gasteiger partial charge in [0.1, 0.15) is 11.9 Å². The smallest absolute Gasteiger partial charge is 0.408 e. The van der Waals surface area contributed by atoms with Crippen molar-refractivity contribution in [2.24, 2.45) is 0 Å². The fourth-order valence-electron chi connectivity index (χ4n) is 5.71. The number of H-pyrrole nitrogens is 1. The van der Waals surface area contributed by atoms with Gasteiger partial charge in [0.2, 0.25) is 5.75 Å². The van der Waals surface area contributed by atoms with E-state index in [0.29, 0.717) is 24.3 Å². The number of carbonyl (C=O) groups excluding carboxylic acids is 1. The van der Waals surface area contributed by atoms with Gasteiger partial charge in [-0.25, -0.2) is 4.98 Å². The van der Waals surface area contributed by atoms with E-state index in [9.17, 15) is 27.6 Å². The van der Waals surface area contributed by atoms with Crippen molar-refractivity contribution in [3.63, 3.8) is 0 Å². The summed E-state index contributed by atoms with van der Waals surface area (Å²) in [5, 5.41) is 0.117. The van der Waals surface area contributed by atoms with E-state index in [4.69, 9.17) is 16.3 Å². The molecule has 12 heteroatoms. The van der Waals surface area contributed by atoms with Crippen molar-refractivity contribution >= 4 is 25.8 Å². The molecule has 3 rings (SSSR count). The largest absolute Gasteiger partial charge is 0.486 e. The molecule has 1 atom stereocenters. The topological polar surface area (TPSA) is 95.5 Å². The predicted octanol–water partition coefficient (Wildman–Crippen LogP) is 7.81. The van der Waals surface area contributed by atoms with Crippen LogP contribution in [0.25, 0.3) is 0 Å². The first-order valence-corrected chi connectivity index (χ1v) is 18.9. The molecule has 0 aliphatic heterocycles. The van der Waals surface area contributed by atoms with Crippen molar-refractivity contribution in [2.75, 3.05) is 13.2 Å². The van der Waals surface area contributed by atoms with Crippen LogP contribution in [0, 0.1) is 0 Å². The van der Waals surface area contributed by atoms with Crippen LogP contribution in [-0.2, 0) is 11.8 Å². The minimum absolute atomic E-state index is 0.120. The Morgan fingerprint density at radius 3 is 2.34 bits per heavy atom. The van der Waals surface area contributed by atoms with Crippen molar-refractivity contribution in [1.29, 1.82) is 0 Å². The van der Waals surface area contributed by atoms with Gasteiger partial charge in [0.25, 0.3) is 11.5 Å². The number of halogens is 4. The van der Waals surface area contributed by atoms with Gasteiger partial charge in [0.15, 0.2) is 14.0 Å². The monoisotopic (exact) mass is 657 g/mol. The quantitative estimate of drug-likeness (QED) is 0.160. The Labute approximate surface area is 264 Å². The number of hydrogen-bond donors (Lipinski definition) is 2. The molecule has 1 aliphatic carbocycles. The number of unbranched alkanes of at least 4 members (excludes halogenated alkanes) is 1. The average molecular weight is 658 g/mol. The second-order valence-corrected chi connectivity index (χ2v) is 18.2. The number of aromatic nitrogens is 2. The minimum atomic E-state index is -4.70. The first-order valence-electron chi connectivity index (χ1n) is 15.5. The van der Waals surface area contributed by atoms with Crippen LogP contribution in [0.5, 0.6) is 5.75 Å². The predicted molar refractivity (Wildman–Crippen MR) is 170 cm³/mol. The molecular formula is C32H47ClF3N3O4Si. The normalized spacial score (nSPS) is 16.2. The van der Waals surface area contributed by atoms with Crippen molar-refractivity contribution < 1.29 is 27.5 Å². The number of amides is 1. The molecule has 1 unspecified atom stereocenters. The molecule has 1 aromatic heterocycles. The number of nitrogens with zero attached hydrogens (tertiary/aromatic N) is 2. The van der Waals surface area contributed by atoms with E-state index in [1.807, 2.05) is 45.0 Å². The van der Waals surface area contributed by atoms with Gasteiger partial charge >= 0.3 is 6.18 Å². The van der Waals surface area contributed by atoms with E-state index in [1.165, 1.54) is 0 Å². The van der Waals surface area contributed by atoms with Crippen LogP contribution in [0.3, 0.4) is 0 Å². The number of benzene rings is 1. The summed E-state index contributed by atoms with van der Waals surface area (Å²) in [5.74, 6) is -1.13. The maximum absolute atomic E-state index is 14.1. The molecule has 1 aliphatic rings. The van der Waals surface area contributed by atoms with Crippen molar-refractivity contribution in [2.45, 2.75) is 121 Å². The van der Waals surface area contributed by atoms with Gasteiger partial charge in [0, 0.05) is 23.4 Å². The third kappa shape index (κ3) is 8.66. The number of alkyl halides is 3. The Kier molecular flexibility index (Phi) is 11.8. The van der Waals surface area contributed by atoms with E-state index in [-0.39, 0.29) is 36.6 Å². The highest BCUT2D eigenvalue weighted by Gasteiger charge is 2.44. The first kappa shape index (κ1) is 36.1. The summed E-state index contributed by atoms with van der Waals surface area (Å²) in [5.41, 5.74) is -0.427. The molecule has 7 nitrogen and oxygen atoms in total. The summed E-state index contributed by atoms with van der Waals surface area (Å²) in [4.78, 5) is 46.2. The highest BCUT2D eigenvalue weighted by molar-refractivity contribution is 6.72. The second-order valence-electron chi connectivity index (χ2n) is 13.3. The molecule has 44 heavy (non-hydrogen) atoms. The van der Waals surface area contributed by atoms with Crippen LogP contribution in [0.1, 0.15) is 101 Å². The van der Waals surface area contributed by atoms with Gasteiger partial charge in [-0.15, -0.1) is 0 Å². The Balaban J connectivity index is 2.05. The molecule has 1 fully saturated rings. The molecule has 246 valence electrons. The minimum Gasteiger partial charge on any atom is -0.486 e. The van der Waals surface area contributed by atoms with Gasteiger partial charge in [-0.1, -0.05) is 63.8 Å². The molecule has 0 saturated heterocycles.